The molecule has 53 valence electrons. The van der Waals surface area contributed by atoms with Gasteiger partial charge in [0.1, 0.15) is 0 Å². The van der Waals surface area contributed by atoms with Crippen LogP contribution in [0, 0.1) is 0 Å². The topological polar surface area (TPSA) is 71.7 Å². The van der Waals surface area contributed by atoms with Crippen molar-refractivity contribution in [2.24, 2.45) is 0 Å². The molecule has 0 bridgehead atoms. The van der Waals surface area contributed by atoms with E-state index in [2.05, 4.69) is 19.7 Å². The summed E-state index contributed by atoms with van der Waals surface area (Å²) in [5, 5.41) is -0.0307. The minimum absolute atomic E-state index is 0.0307. The highest BCUT2D eigenvalue weighted by Gasteiger charge is 2.00. The molecule has 0 aromatic carbocycles. The molecule has 1 aromatic heterocycles. The summed E-state index contributed by atoms with van der Waals surface area (Å²) in [5.74, 6) is -0.197. The summed E-state index contributed by atoms with van der Waals surface area (Å²) < 4.78 is 4.61. The molecule has 6 heteroatoms. The van der Waals surface area contributed by atoms with Crippen molar-refractivity contribution < 1.29 is 4.74 Å². The molecule has 10 heavy (non-hydrogen) atoms. The standard InChI is InChI=1S/C4H4ClN4O/c1-10-4-8-2(5)7-3(6)9-4/h6H,1H3. The molecule has 0 amide bonds. The van der Waals surface area contributed by atoms with Gasteiger partial charge in [-0.15, -0.1) is 0 Å². The number of nitrogens with zero attached hydrogens (tertiary/aromatic N) is 3. The smallest absolute Gasteiger partial charge is 0.322 e. The molecule has 0 aliphatic rings. The monoisotopic (exact) mass is 159 g/mol. The lowest BCUT2D eigenvalue weighted by Gasteiger charge is -1.95. The second-order valence-electron chi connectivity index (χ2n) is 1.41. The maximum absolute atomic E-state index is 6.95. The Morgan fingerprint density at radius 2 is 2.10 bits per heavy atom. The zero-order chi connectivity index (χ0) is 7.56. The predicted octanol–water partition coefficient (Wildman–Crippen LogP) is 0.448. The predicted molar refractivity (Wildman–Crippen MR) is 34.1 cm³/mol. The van der Waals surface area contributed by atoms with Gasteiger partial charge in [-0.2, -0.15) is 15.0 Å². The van der Waals surface area contributed by atoms with Gasteiger partial charge in [-0.1, -0.05) is 0 Å². The molecular formula is C4H4ClN4O. The van der Waals surface area contributed by atoms with Crippen LogP contribution < -0.4 is 10.5 Å². The first kappa shape index (κ1) is 7.01. The third-order valence-electron chi connectivity index (χ3n) is 0.770. The highest BCUT2D eigenvalue weighted by atomic mass is 35.5. The zero-order valence-electron chi connectivity index (χ0n) is 5.13. The molecule has 1 rings (SSSR count). The van der Waals surface area contributed by atoms with E-state index in [1.807, 2.05) is 0 Å². The Morgan fingerprint density at radius 1 is 1.40 bits per heavy atom. The number of hydrogen-bond donors (Lipinski definition) is 0. The van der Waals surface area contributed by atoms with Gasteiger partial charge in [-0.05, 0) is 11.6 Å². The highest BCUT2D eigenvalue weighted by Crippen LogP contribution is 2.08. The van der Waals surface area contributed by atoms with Crippen LogP contribution in [0.15, 0.2) is 0 Å². The Labute approximate surface area is 62.2 Å². The minimum atomic E-state index is -0.197. The largest absolute Gasteiger partial charge is 0.467 e. The van der Waals surface area contributed by atoms with Crippen LogP contribution in [0.25, 0.3) is 0 Å². The van der Waals surface area contributed by atoms with Crippen molar-refractivity contribution in [1.82, 2.24) is 20.7 Å². The van der Waals surface area contributed by atoms with E-state index in [0.29, 0.717) is 0 Å². The Morgan fingerprint density at radius 3 is 2.60 bits per heavy atom. The van der Waals surface area contributed by atoms with Crippen molar-refractivity contribution in [3.05, 3.63) is 5.28 Å². The van der Waals surface area contributed by atoms with Gasteiger partial charge in [0.05, 0.1) is 7.11 Å². The van der Waals surface area contributed by atoms with E-state index in [0.717, 1.165) is 0 Å². The highest BCUT2D eigenvalue weighted by molar-refractivity contribution is 6.28. The normalized spacial score (nSPS) is 9.40. The van der Waals surface area contributed by atoms with Gasteiger partial charge in [0.2, 0.25) is 11.2 Å². The molecule has 0 spiro atoms. The quantitative estimate of drug-likeness (QED) is 0.596. The van der Waals surface area contributed by atoms with E-state index in [1.165, 1.54) is 7.11 Å². The fourth-order valence-corrected chi connectivity index (χ4v) is 0.576. The van der Waals surface area contributed by atoms with Crippen LogP contribution in [0.4, 0.5) is 5.95 Å². The first-order valence-corrected chi connectivity index (χ1v) is 2.77. The van der Waals surface area contributed by atoms with Crippen molar-refractivity contribution in [3.63, 3.8) is 0 Å². The molecule has 1 aromatic rings. The summed E-state index contributed by atoms with van der Waals surface area (Å²) in [6.45, 7) is 0. The van der Waals surface area contributed by atoms with Gasteiger partial charge in [0.15, 0.2) is 0 Å². The second-order valence-corrected chi connectivity index (χ2v) is 1.75. The lowest BCUT2D eigenvalue weighted by Crippen LogP contribution is -1.95. The average Bonchev–Trinajstić information content (AvgIpc) is 1.85. The van der Waals surface area contributed by atoms with E-state index >= 15 is 0 Å². The van der Waals surface area contributed by atoms with E-state index in [1.54, 1.807) is 0 Å². The molecule has 0 atom stereocenters. The van der Waals surface area contributed by atoms with Crippen LogP contribution in [0.1, 0.15) is 0 Å². The molecular weight excluding hydrogens is 156 g/mol. The number of ether oxygens (including phenoxy) is 1. The van der Waals surface area contributed by atoms with Crippen LogP contribution >= 0.6 is 11.6 Å². The number of hydrogen-bond acceptors (Lipinski definition) is 4. The Bertz CT molecular complexity index is 220. The van der Waals surface area contributed by atoms with Crippen molar-refractivity contribution in [1.29, 1.82) is 0 Å². The zero-order valence-corrected chi connectivity index (χ0v) is 5.88. The molecule has 0 fully saturated rings. The first-order valence-electron chi connectivity index (χ1n) is 2.39. The molecule has 1 radical (unpaired) electrons. The summed E-state index contributed by atoms with van der Waals surface area (Å²) >= 11 is 5.37. The molecule has 0 aliphatic heterocycles. The molecule has 1 N–H and O–H groups in total. The summed E-state index contributed by atoms with van der Waals surface area (Å²) in [7, 11) is 1.39. The number of nitrogens with one attached hydrogen (secondary N) is 1. The van der Waals surface area contributed by atoms with Crippen molar-refractivity contribution in [2.75, 3.05) is 7.11 Å². The minimum Gasteiger partial charge on any atom is -0.467 e. The molecule has 5 nitrogen and oxygen atoms in total. The fraction of sp³-hybridized carbons (Fsp3) is 0.250. The number of methoxy groups -OCH3 is 1. The van der Waals surface area contributed by atoms with Crippen LogP contribution in [-0.4, -0.2) is 22.1 Å². The number of rotatable bonds is 1. The Hall–Kier alpha value is -1.10. The van der Waals surface area contributed by atoms with Gasteiger partial charge < -0.3 is 4.74 Å². The molecule has 0 saturated carbocycles. The van der Waals surface area contributed by atoms with Crippen molar-refractivity contribution in [2.45, 2.75) is 0 Å². The first-order chi connectivity index (χ1) is 4.72. The van der Waals surface area contributed by atoms with E-state index in [-0.39, 0.29) is 17.2 Å². The maximum atomic E-state index is 6.95. The fourth-order valence-electron chi connectivity index (χ4n) is 0.423. The Balaban J connectivity index is 3.06. The van der Waals surface area contributed by atoms with Gasteiger partial charge in [0.25, 0.3) is 0 Å². The van der Waals surface area contributed by atoms with E-state index < -0.39 is 0 Å². The summed E-state index contributed by atoms with van der Waals surface area (Å²) in [4.78, 5) is 10.5. The average molecular weight is 160 g/mol. The SMILES string of the molecule is COc1nc([NH])nc(Cl)n1. The van der Waals surface area contributed by atoms with Gasteiger partial charge in [-0.3, -0.25) is 5.73 Å². The van der Waals surface area contributed by atoms with Crippen molar-refractivity contribution in [3.8, 4) is 6.01 Å². The molecule has 1 heterocycles. The van der Waals surface area contributed by atoms with Gasteiger partial charge >= 0.3 is 6.01 Å². The third-order valence-corrected chi connectivity index (χ3v) is 0.939. The maximum Gasteiger partial charge on any atom is 0.322 e. The molecule has 0 unspecified atom stereocenters. The number of aromatic nitrogens is 3. The molecule has 0 aliphatic carbocycles. The van der Waals surface area contributed by atoms with Gasteiger partial charge in [0, 0.05) is 0 Å². The van der Waals surface area contributed by atoms with Crippen molar-refractivity contribution >= 4 is 17.5 Å². The third kappa shape index (κ3) is 1.44. The lowest BCUT2D eigenvalue weighted by molar-refractivity contribution is 0.378. The van der Waals surface area contributed by atoms with Crippen LogP contribution in [0.5, 0.6) is 6.01 Å². The van der Waals surface area contributed by atoms with E-state index in [9.17, 15) is 0 Å². The number of halogens is 1. The van der Waals surface area contributed by atoms with Crippen LogP contribution in [0.2, 0.25) is 5.28 Å². The van der Waals surface area contributed by atoms with Gasteiger partial charge in [-0.25, -0.2) is 0 Å². The summed E-state index contributed by atoms with van der Waals surface area (Å²) in [6, 6.07) is 0.0602. The lowest BCUT2D eigenvalue weighted by atomic mass is 10.9. The summed E-state index contributed by atoms with van der Waals surface area (Å²) in [6.07, 6.45) is 0. The molecule has 0 saturated heterocycles. The summed E-state index contributed by atoms with van der Waals surface area (Å²) in [5.41, 5.74) is 6.95. The van der Waals surface area contributed by atoms with Crippen LogP contribution in [-0.2, 0) is 0 Å². The second kappa shape index (κ2) is 2.66. The van der Waals surface area contributed by atoms with E-state index in [4.69, 9.17) is 17.3 Å². The van der Waals surface area contributed by atoms with Crippen LogP contribution in [0.3, 0.4) is 0 Å². The Kier molecular flexibility index (Phi) is 1.86.